The highest BCUT2D eigenvalue weighted by Crippen LogP contribution is 2.28. The minimum atomic E-state index is -0.236. The van der Waals surface area contributed by atoms with Crippen LogP contribution in [0.1, 0.15) is 5.56 Å². The van der Waals surface area contributed by atoms with Crippen LogP contribution in [0.4, 0.5) is 10.2 Å². The number of aromatic nitrogens is 2. The van der Waals surface area contributed by atoms with Crippen molar-refractivity contribution in [2.24, 2.45) is 0 Å². The molecule has 2 aromatic rings. The van der Waals surface area contributed by atoms with E-state index in [0.717, 1.165) is 5.56 Å². The monoisotopic (exact) mass is 281 g/mol. The van der Waals surface area contributed by atoms with Crippen molar-refractivity contribution < 1.29 is 9.13 Å². The van der Waals surface area contributed by atoms with E-state index in [1.165, 1.54) is 25.6 Å². The molecule has 0 spiro atoms. The maximum Gasteiger partial charge on any atom is 0.198 e. The Balaban J connectivity index is 1.98. The first-order valence-electron chi connectivity index (χ1n) is 5.73. The van der Waals surface area contributed by atoms with Crippen molar-refractivity contribution in [1.82, 2.24) is 9.97 Å². The van der Waals surface area contributed by atoms with Crippen molar-refractivity contribution in [3.8, 4) is 5.75 Å². The Morgan fingerprint density at radius 2 is 2.21 bits per heavy atom. The average molecular weight is 282 g/mol. The highest BCUT2D eigenvalue weighted by atomic mass is 35.5. The summed E-state index contributed by atoms with van der Waals surface area (Å²) in [4.78, 5) is 7.88. The fourth-order valence-electron chi connectivity index (χ4n) is 1.68. The molecule has 4 nitrogen and oxygen atoms in total. The van der Waals surface area contributed by atoms with Gasteiger partial charge >= 0.3 is 0 Å². The standard InChI is InChI=1S/C13H13ClFN3O/c1-19-11-12(14)17-8-18-13(11)16-6-5-9-3-2-4-10(15)7-9/h2-4,7-8H,5-6H2,1H3,(H,16,17,18). The van der Waals surface area contributed by atoms with Crippen LogP contribution in [0, 0.1) is 5.82 Å². The zero-order chi connectivity index (χ0) is 13.7. The summed E-state index contributed by atoms with van der Waals surface area (Å²) in [5, 5.41) is 3.35. The predicted molar refractivity (Wildman–Crippen MR) is 72.2 cm³/mol. The van der Waals surface area contributed by atoms with Gasteiger partial charge in [0.25, 0.3) is 0 Å². The fraction of sp³-hybridized carbons (Fsp3) is 0.231. The molecule has 6 heteroatoms. The summed E-state index contributed by atoms with van der Waals surface area (Å²) in [6, 6.07) is 6.48. The zero-order valence-electron chi connectivity index (χ0n) is 10.4. The summed E-state index contributed by atoms with van der Waals surface area (Å²) >= 11 is 5.88. The topological polar surface area (TPSA) is 47.0 Å². The third-order valence-electron chi connectivity index (χ3n) is 2.56. The molecule has 0 aliphatic carbocycles. The van der Waals surface area contributed by atoms with Crippen molar-refractivity contribution in [2.75, 3.05) is 19.0 Å². The second-order valence-corrected chi connectivity index (χ2v) is 4.21. The maximum atomic E-state index is 13.0. The van der Waals surface area contributed by atoms with Gasteiger partial charge in [-0.15, -0.1) is 0 Å². The highest BCUT2D eigenvalue weighted by molar-refractivity contribution is 6.31. The van der Waals surface area contributed by atoms with Gasteiger partial charge in [0.1, 0.15) is 12.1 Å². The lowest BCUT2D eigenvalue weighted by atomic mass is 10.1. The van der Waals surface area contributed by atoms with E-state index < -0.39 is 0 Å². The van der Waals surface area contributed by atoms with E-state index in [2.05, 4.69) is 15.3 Å². The van der Waals surface area contributed by atoms with E-state index in [9.17, 15) is 4.39 Å². The van der Waals surface area contributed by atoms with Gasteiger partial charge in [0.2, 0.25) is 0 Å². The van der Waals surface area contributed by atoms with Crippen LogP contribution in [0.15, 0.2) is 30.6 Å². The first-order valence-corrected chi connectivity index (χ1v) is 6.11. The van der Waals surface area contributed by atoms with Crippen LogP contribution in [-0.2, 0) is 6.42 Å². The van der Waals surface area contributed by atoms with Gasteiger partial charge in [0, 0.05) is 6.54 Å². The SMILES string of the molecule is COc1c(Cl)ncnc1NCCc1cccc(F)c1. The smallest absolute Gasteiger partial charge is 0.198 e. The van der Waals surface area contributed by atoms with Crippen molar-refractivity contribution in [3.05, 3.63) is 47.1 Å². The van der Waals surface area contributed by atoms with Gasteiger partial charge in [0.05, 0.1) is 7.11 Å². The molecule has 1 aromatic carbocycles. The molecule has 2 rings (SSSR count). The van der Waals surface area contributed by atoms with E-state index in [0.29, 0.717) is 24.5 Å². The van der Waals surface area contributed by atoms with Crippen LogP contribution in [0.5, 0.6) is 5.75 Å². The summed E-state index contributed by atoms with van der Waals surface area (Å²) in [6.07, 6.45) is 2.03. The Labute approximate surface area is 115 Å². The third-order valence-corrected chi connectivity index (χ3v) is 2.83. The molecule has 100 valence electrons. The minimum Gasteiger partial charge on any atom is -0.490 e. The Hall–Kier alpha value is -1.88. The molecule has 1 N–H and O–H groups in total. The molecule has 0 aliphatic rings. The summed E-state index contributed by atoms with van der Waals surface area (Å²) in [7, 11) is 1.50. The molecule has 0 atom stereocenters. The van der Waals surface area contributed by atoms with E-state index >= 15 is 0 Å². The van der Waals surface area contributed by atoms with Crippen molar-refractivity contribution in [1.29, 1.82) is 0 Å². The van der Waals surface area contributed by atoms with Crippen LogP contribution in [0.25, 0.3) is 0 Å². The van der Waals surface area contributed by atoms with E-state index in [1.807, 2.05) is 6.07 Å². The van der Waals surface area contributed by atoms with Gasteiger partial charge in [0.15, 0.2) is 16.7 Å². The highest BCUT2D eigenvalue weighted by Gasteiger charge is 2.09. The lowest BCUT2D eigenvalue weighted by Crippen LogP contribution is -2.08. The number of anilines is 1. The van der Waals surface area contributed by atoms with Crippen LogP contribution < -0.4 is 10.1 Å². The van der Waals surface area contributed by atoms with Gasteiger partial charge < -0.3 is 10.1 Å². The minimum absolute atomic E-state index is 0.236. The summed E-state index contributed by atoms with van der Waals surface area (Å²) < 4.78 is 18.1. The molecule has 0 aliphatic heterocycles. The lowest BCUT2D eigenvalue weighted by Gasteiger charge is -2.10. The van der Waals surface area contributed by atoms with Crippen LogP contribution in [0.2, 0.25) is 5.15 Å². The quantitative estimate of drug-likeness (QED) is 0.856. The number of nitrogens with one attached hydrogen (secondary N) is 1. The van der Waals surface area contributed by atoms with E-state index in [1.54, 1.807) is 6.07 Å². The Morgan fingerprint density at radius 1 is 1.37 bits per heavy atom. The molecule has 0 saturated heterocycles. The van der Waals surface area contributed by atoms with Crippen molar-refractivity contribution >= 4 is 17.4 Å². The normalized spacial score (nSPS) is 10.3. The lowest BCUT2D eigenvalue weighted by molar-refractivity contribution is 0.413. The maximum absolute atomic E-state index is 13.0. The molecule has 1 heterocycles. The Morgan fingerprint density at radius 3 is 2.95 bits per heavy atom. The number of ether oxygens (including phenoxy) is 1. The number of halogens is 2. The Kier molecular flexibility index (Phi) is 4.52. The molecule has 1 aromatic heterocycles. The number of benzene rings is 1. The predicted octanol–water partition coefficient (Wildman–Crippen LogP) is 2.93. The number of nitrogens with zero attached hydrogens (tertiary/aromatic N) is 2. The van der Waals surface area contributed by atoms with Gasteiger partial charge in [-0.25, -0.2) is 14.4 Å². The summed E-state index contributed by atoms with van der Waals surface area (Å²) in [5.74, 6) is 0.697. The van der Waals surface area contributed by atoms with Crippen LogP contribution in [-0.4, -0.2) is 23.6 Å². The van der Waals surface area contributed by atoms with Crippen molar-refractivity contribution in [3.63, 3.8) is 0 Å². The van der Waals surface area contributed by atoms with Crippen LogP contribution >= 0.6 is 11.6 Å². The third kappa shape index (κ3) is 3.54. The molecule has 0 unspecified atom stereocenters. The number of rotatable bonds is 5. The summed E-state index contributed by atoms with van der Waals surface area (Å²) in [6.45, 7) is 0.590. The molecule has 0 bridgehead atoms. The number of hydrogen-bond acceptors (Lipinski definition) is 4. The van der Waals surface area contributed by atoms with Gasteiger partial charge in [-0.2, -0.15) is 0 Å². The first-order chi connectivity index (χ1) is 9.20. The fourth-order valence-corrected chi connectivity index (χ4v) is 1.89. The van der Waals surface area contributed by atoms with Crippen LogP contribution in [0.3, 0.4) is 0 Å². The zero-order valence-corrected chi connectivity index (χ0v) is 11.1. The van der Waals surface area contributed by atoms with Crippen molar-refractivity contribution in [2.45, 2.75) is 6.42 Å². The molecule has 0 radical (unpaired) electrons. The molecular weight excluding hydrogens is 269 g/mol. The number of hydrogen-bond donors (Lipinski definition) is 1. The molecule has 0 fully saturated rings. The van der Waals surface area contributed by atoms with E-state index in [4.69, 9.17) is 16.3 Å². The average Bonchev–Trinajstić information content (AvgIpc) is 2.39. The molecule has 0 saturated carbocycles. The second kappa shape index (κ2) is 6.33. The Bertz CT molecular complexity index is 565. The van der Waals surface area contributed by atoms with Gasteiger partial charge in [-0.1, -0.05) is 23.7 Å². The largest absolute Gasteiger partial charge is 0.490 e. The number of methoxy groups -OCH3 is 1. The molecule has 0 amide bonds. The van der Waals surface area contributed by atoms with E-state index in [-0.39, 0.29) is 11.0 Å². The first kappa shape index (κ1) is 13.5. The second-order valence-electron chi connectivity index (χ2n) is 3.85. The van der Waals surface area contributed by atoms with Gasteiger partial charge in [-0.05, 0) is 24.1 Å². The molecular formula is C13H13ClFN3O. The molecule has 19 heavy (non-hydrogen) atoms. The summed E-state index contributed by atoms with van der Waals surface area (Å²) in [5.41, 5.74) is 0.909. The van der Waals surface area contributed by atoms with Gasteiger partial charge in [-0.3, -0.25) is 0 Å².